The summed E-state index contributed by atoms with van der Waals surface area (Å²) >= 11 is 5.84. The summed E-state index contributed by atoms with van der Waals surface area (Å²) in [6, 6.07) is 0.818. The van der Waals surface area contributed by atoms with Gasteiger partial charge < -0.3 is 14.5 Å². The maximum absolute atomic E-state index is 12.7. The smallest absolute Gasteiger partial charge is 0.385 e. The van der Waals surface area contributed by atoms with Crippen molar-refractivity contribution in [3.63, 3.8) is 0 Å². The molecule has 0 bridgehead atoms. The second kappa shape index (κ2) is 7.18. The summed E-state index contributed by atoms with van der Waals surface area (Å²) in [6.45, 7) is 0.990. The molecule has 2 heterocycles. The van der Waals surface area contributed by atoms with E-state index in [4.69, 9.17) is 16.3 Å². The molecule has 0 fully saturated rings. The molecule has 0 saturated heterocycles. The van der Waals surface area contributed by atoms with Gasteiger partial charge in [-0.2, -0.15) is 13.2 Å². The maximum Gasteiger partial charge on any atom is 0.417 e. The highest BCUT2D eigenvalue weighted by Crippen LogP contribution is 2.32. The van der Waals surface area contributed by atoms with Crippen molar-refractivity contribution in [2.24, 2.45) is 0 Å². The van der Waals surface area contributed by atoms with Gasteiger partial charge in [-0.25, -0.2) is 4.98 Å². The van der Waals surface area contributed by atoms with Crippen molar-refractivity contribution in [1.29, 1.82) is 0 Å². The van der Waals surface area contributed by atoms with Gasteiger partial charge in [0.15, 0.2) is 5.65 Å². The first-order chi connectivity index (χ1) is 10.8. The first-order valence-electron chi connectivity index (χ1n) is 6.81. The van der Waals surface area contributed by atoms with Gasteiger partial charge in [-0.05, 0) is 12.5 Å². The fourth-order valence-electron chi connectivity index (χ4n) is 2.02. The van der Waals surface area contributed by atoms with E-state index in [-0.39, 0.29) is 23.0 Å². The van der Waals surface area contributed by atoms with Crippen LogP contribution in [0.25, 0.3) is 5.65 Å². The molecule has 2 aromatic heterocycles. The zero-order chi connectivity index (χ0) is 17.0. The second-order valence-corrected chi connectivity index (χ2v) is 5.32. The Bertz CT molecular complexity index is 700. The monoisotopic (exact) mass is 349 g/mol. The van der Waals surface area contributed by atoms with Gasteiger partial charge in [-0.1, -0.05) is 11.6 Å². The molecule has 126 valence electrons. The first-order valence-corrected chi connectivity index (χ1v) is 7.19. The van der Waals surface area contributed by atoms with E-state index in [1.807, 2.05) is 0 Å². The largest absolute Gasteiger partial charge is 0.417 e. The summed E-state index contributed by atoms with van der Waals surface area (Å²) in [4.78, 5) is 15.8. The highest BCUT2D eigenvalue weighted by molar-refractivity contribution is 6.33. The quantitative estimate of drug-likeness (QED) is 0.816. The highest BCUT2D eigenvalue weighted by atomic mass is 35.5. The zero-order valence-electron chi connectivity index (χ0n) is 12.3. The number of ether oxygens (including phenoxy) is 1. The van der Waals surface area contributed by atoms with E-state index >= 15 is 0 Å². The Labute approximate surface area is 135 Å². The summed E-state index contributed by atoms with van der Waals surface area (Å²) in [5.41, 5.74) is -0.347. The Balaban J connectivity index is 2.11. The number of aromatic nitrogens is 2. The van der Waals surface area contributed by atoms with E-state index in [2.05, 4.69) is 10.3 Å². The second-order valence-electron chi connectivity index (χ2n) is 4.91. The summed E-state index contributed by atoms with van der Waals surface area (Å²) in [6.07, 6.45) is -1.60. The fourth-order valence-corrected chi connectivity index (χ4v) is 2.28. The fraction of sp³-hybridized carbons (Fsp3) is 0.429. The summed E-state index contributed by atoms with van der Waals surface area (Å²) in [7, 11) is 1.57. The SMILES string of the molecule is COCCCNC(=O)Cc1cn2cc(C(F)(F)F)cc(Cl)c2n1. The Morgan fingerprint density at radius 1 is 1.43 bits per heavy atom. The predicted octanol–water partition coefficient (Wildman–Crippen LogP) is 2.70. The van der Waals surface area contributed by atoms with Gasteiger partial charge in [0.2, 0.25) is 5.91 Å². The molecule has 0 atom stereocenters. The highest BCUT2D eigenvalue weighted by Gasteiger charge is 2.31. The van der Waals surface area contributed by atoms with Crippen LogP contribution in [-0.2, 0) is 22.1 Å². The molecule has 1 N–H and O–H groups in total. The molecular formula is C14H15ClF3N3O2. The van der Waals surface area contributed by atoms with Gasteiger partial charge in [-0.3, -0.25) is 4.79 Å². The molecule has 0 spiro atoms. The number of hydrogen-bond donors (Lipinski definition) is 1. The number of fused-ring (bicyclic) bond motifs is 1. The number of carbonyl (C=O) groups excluding carboxylic acids is 1. The van der Waals surface area contributed by atoms with Crippen LogP contribution in [0.3, 0.4) is 0 Å². The lowest BCUT2D eigenvalue weighted by Crippen LogP contribution is -2.26. The van der Waals surface area contributed by atoms with Gasteiger partial charge in [0.05, 0.1) is 22.7 Å². The van der Waals surface area contributed by atoms with Crippen LogP contribution in [0.5, 0.6) is 0 Å². The average Bonchev–Trinajstić information content (AvgIpc) is 2.85. The molecule has 5 nitrogen and oxygen atoms in total. The lowest BCUT2D eigenvalue weighted by molar-refractivity contribution is -0.137. The van der Waals surface area contributed by atoms with Crippen molar-refractivity contribution >= 4 is 23.2 Å². The molecule has 2 aromatic rings. The van der Waals surface area contributed by atoms with Crippen LogP contribution in [0.15, 0.2) is 18.5 Å². The third-order valence-corrected chi connectivity index (χ3v) is 3.35. The number of halogens is 4. The van der Waals surface area contributed by atoms with Gasteiger partial charge in [-0.15, -0.1) is 0 Å². The molecule has 0 aromatic carbocycles. The molecule has 1 amide bonds. The number of alkyl halides is 3. The first kappa shape index (κ1) is 17.6. The van der Waals surface area contributed by atoms with E-state index in [9.17, 15) is 18.0 Å². The normalized spacial score (nSPS) is 11.9. The van der Waals surface area contributed by atoms with Crippen LogP contribution in [0.4, 0.5) is 13.2 Å². The lowest BCUT2D eigenvalue weighted by Gasteiger charge is -2.07. The Morgan fingerprint density at radius 3 is 2.83 bits per heavy atom. The van der Waals surface area contributed by atoms with Crippen molar-refractivity contribution < 1.29 is 22.7 Å². The van der Waals surface area contributed by atoms with E-state index in [1.165, 1.54) is 10.6 Å². The third kappa shape index (κ3) is 4.59. The zero-order valence-corrected chi connectivity index (χ0v) is 13.0. The van der Waals surface area contributed by atoms with Crippen LogP contribution < -0.4 is 5.32 Å². The van der Waals surface area contributed by atoms with E-state index in [0.29, 0.717) is 25.3 Å². The summed E-state index contributed by atoms with van der Waals surface area (Å²) in [5.74, 6) is -0.267. The molecule has 0 unspecified atom stereocenters. The number of hydrogen-bond acceptors (Lipinski definition) is 3. The van der Waals surface area contributed by atoms with Crippen LogP contribution in [0.1, 0.15) is 17.7 Å². The molecule has 9 heteroatoms. The number of amides is 1. The topological polar surface area (TPSA) is 55.6 Å². The van der Waals surface area contributed by atoms with Gasteiger partial charge >= 0.3 is 6.18 Å². The molecule has 0 aliphatic carbocycles. The number of methoxy groups -OCH3 is 1. The van der Waals surface area contributed by atoms with Gasteiger partial charge in [0, 0.05) is 32.7 Å². The third-order valence-electron chi connectivity index (χ3n) is 3.07. The summed E-state index contributed by atoms with van der Waals surface area (Å²) < 4.78 is 44.3. The molecule has 0 radical (unpaired) electrons. The van der Waals surface area contributed by atoms with Crippen LogP contribution in [-0.4, -0.2) is 35.6 Å². The average molecular weight is 350 g/mol. The number of imidazole rings is 1. The van der Waals surface area contributed by atoms with E-state index < -0.39 is 11.7 Å². The van der Waals surface area contributed by atoms with Gasteiger partial charge in [0.25, 0.3) is 0 Å². The molecular weight excluding hydrogens is 335 g/mol. The Morgan fingerprint density at radius 2 is 2.17 bits per heavy atom. The molecule has 0 saturated carbocycles. The minimum absolute atomic E-state index is 0.0354. The lowest BCUT2D eigenvalue weighted by atomic mass is 10.3. The molecule has 2 rings (SSSR count). The van der Waals surface area contributed by atoms with E-state index in [0.717, 1.165) is 12.3 Å². The Kier molecular flexibility index (Phi) is 5.48. The molecule has 0 aliphatic rings. The minimum Gasteiger partial charge on any atom is -0.385 e. The maximum atomic E-state index is 12.7. The molecule has 0 aliphatic heterocycles. The predicted molar refractivity (Wildman–Crippen MR) is 78.4 cm³/mol. The van der Waals surface area contributed by atoms with Crippen molar-refractivity contribution in [2.45, 2.75) is 19.0 Å². The van der Waals surface area contributed by atoms with Crippen LogP contribution in [0.2, 0.25) is 5.02 Å². The van der Waals surface area contributed by atoms with Gasteiger partial charge in [0.1, 0.15) is 0 Å². The summed E-state index contributed by atoms with van der Waals surface area (Å²) in [5, 5.41) is 2.56. The number of rotatable bonds is 6. The van der Waals surface area contributed by atoms with Crippen molar-refractivity contribution in [3.8, 4) is 0 Å². The minimum atomic E-state index is -4.50. The van der Waals surface area contributed by atoms with E-state index in [1.54, 1.807) is 7.11 Å². The van der Waals surface area contributed by atoms with Crippen molar-refractivity contribution in [1.82, 2.24) is 14.7 Å². The number of carbonyl (C=O) groups is 1. The number of pyridine rings is 1. The standard InChI is InChI=1S/C14H15ClF3N3O2/c1-23-4-2-3-19-12(22)6-10-8-21-7-9(14(16,17)18)5-11(15)13(21)20-10/h5,7-8H,2-4,6H2,1H3,(H,19,22). The van der Waals surface area contributed by atoms with Crippen LogP contribution >= 0.6 is 11.6 Å². The van der Waals surface area contributed by atoms with Crippen LogP contribution in [0, 0.1) is 0 Å². The van der Waals surface area contributed by atoms with Crippen molar-refractivity contribution in [2.75, 3.05) is 20.3 Å². The Hall–Kier alpha value is -1.80. The molecule has 23 heavy (non-hydrogen) atoms. The van der Waals surface area contributed by atoms with Crippen molar-refractivity contribution in [3.05, 3.63) is 34.7 Å². The number of nitrogens with one attached hydrogen (secondary N) is 1. The number of nitrogens with zero attached hydrogens (tertiary/aromatic N) is 2.